The topological polar surface area (TPSA) is 9.23 Å². The SMILES string of the molecule is COC1CCCCC1SC. The monoisotopic (exact) mass is 160 g/mol. The van der Waals surface area contributed by atoms with Crippen molar-refractivity contribution in [2.24, 2.45) is 0 Å². The summed E-state index contributed by atoms with van der Waals surface area (Å²) in [5, 5.41) is 0.763. The van der Waals surface area contributed by atoms with E-state index < -0.39 is 0 Å². The van der Waals surface area contributed by atoms with Gasteiger partial charge in [0.25, 0.3) is 0 Å². The highest BCUT2D eigenvalue weighted by Gasteiger charge is 2.23. The Labute approximate surface area is 67.5 Å². The first-order valence-electron chi connectivity index (χ1n) is 3.94. The Morgan fingerprint density at radius 1 is 1.30 bits per heavy atom. The molecule has 10 heavy (non-hydrogen) atoms. The van der Waals surface area contributed by atoms with E-state index in [-0.39, 0.29) is 0 Å². The molecule has 0 bridgehead atoms. The van der Waals surface area contributed by atoms with Crippen LogP contribution in [0.2, 0.25) is 0 Å². The van der Waals surface area contributed by atoms with Crippen molar-refractivity contribution in [1.29, 1.82) is 0 Å². The zero-order valence-corrected chi connectivity index (χ0v) is 7.62. The molecule has 0 heterocycles. The Morgan fingerprint density at radius 2 is 2.00 bits per heavy atom. The molecule has 1 fully saturated rings. The third-order valence-corrected chi connectivity index (χ3v) is 3.39. The molecule has 0 saturated heterocycles. The Bertz CT molecular complexity index is 83.3. The Hall–Kier alpha value is 0.310. The van der Waals surface area contributed by atoms with Crippen LogP contribution in [-0.4, -0.2) is 24.7 Å². The van der Waals surface area contributed by atoms with E-state index in [1.54, 1.807) is 0 Å². The summed E-state index contributed by atoms with van der Waals surface area (Å²) >= 11 is 1.95. The minimum absolute atomic E-state index is 0.531. The molecule has 2 atom stereocenters. The van der Waals surface area contributed by atoms with Crippen LogP contribution in [0.1, 0.15) is 25.7 Å². The predicted molar refractivity (Wildman–Crippen MR) is 46.6 cm³/mol. The van der Waals surface area contributed by atoms with Gasteiger partial charge >= 0.3 is 0 Å². The van der Waals surface area contributed by atoms with Gasteiger partial charge in [-0.15, -0.1) is 0 Å². The van der Waals surface area contributed by atoms with Crippen molar-refractivity contribution in [3.05, 3.63) is 0 Å². The number of ether oxygens (including phenoxy) is 1. The molecule has 0 amide bonds. The Balaban J connectivity index is 2.34. The fourth-order valence-corrected chi connectivity index (χ4v) is 2.56. The summed E-state index contributed by atoms with van der Waals surface area (Å²) in [7, 11) is 1.83. The van der Waals surface area contributed by atoms with E-state index in [2.05, 4.69) is 6.26 Å². The van der Waals surface area contributed by atoms with Crippen LogP contribution in [0.25, 0.3) is 0 Å². The second-order valence-electron chi connectivity index (χ2n) is 2.83. The number of hydrogen-bond acceptors (Lipinski definition) is 2. The molecule has 0 aromatic carbocycles. The van der Waals surface area contributed by atoms with Crippen LogP contribution in [0.15, 0.2) is 0 Å². The largest absolute Gasteiger partial charge is 0.380 e. The van der Waals surface area contributed by atoms with Gasteiger partial charge in [0.1, 0.15) is 0 Å². The molecular formula is C8H16OS. The van der Waals surface area contributed by atoms with Crippen molar-refractivity contribution in [2.75, 3.05) is 13.4 Å². The van der Waals surface area contributed by atoms with Crippen LogP contribution < -0.4 is 0 Å². The van der Waals surface area contributed by atoms with Crippen LogP contribution >= 0.6 is 11.8 Å². The molecule has 0 radical (unpaired) electrons. The third-order valence-electron chi connectivity index (χ3n) is 2.25. The van der Waals surface area contributed by atoms with Crippen molar-refractivity contribution in [3.8, 4) is 0 Å². The quantitative estimate of drug-likeness (QED) is 0.613. The molecule has 2 unspecified atom stereocenters. The Kier molecular flexibility index (Phi) is 3.57. The number of thioether (sulfide) groups is 1. The first kappa shape index (κ1) is 8.41. The summed E-state index contributed by atoms with van der Waals surface area (Å²) in [5.41, 5.74) is 0. The zero-order chi connectivity index (χ0) is 7.40. The lowest BCUT2D eigenvalue weighted by Crippen LogP contribution is -2.28. The van der Waals surface area contributed by atoms with Gasteiger partial charge in [-0.25, -0.2) is 0 Å². The van der Waals surface area contributed by atoms with E-state index in [0.29, 0.717) is 6.10 Å². The van der Waals surface area contributed by atoms with Gasteiger partial charge in [-0.2, -0.15) is 11.8 Å². The Morgan fingerprint density at radius 3 is 2.50 bits per heavy atom. The molecule has 0 aromatic rings. The molecular weight excluding hydrogens is 144 g/mol. The van der Waals surface area contributed by atoms with Crippen LogP contribution in [0.5, 0.6) is 0 Å². The zero-order valence-electron chi connectivity index (χ0n) is 6.80. The van der Waals surface area contributed by atoms with Crippen molar-refractivity contribution < 1.29 is 4.74 Å². The average Bonchev–Trinajstić information content (AvgIpc) is 2.04. The summed E-state index contributed by atoms with van der Waals surface area (Å²) in [6.45, 7) is 0. The molecule has 0 N–H and O–H groups in total. The van der Waals surface area contributed by atoms with E-state index >= 15 is 0 Å². The molecule has 2 heteroatoms. The first-order valence-corrected chi connectivity index (χ1v) is 5.23. The van der Waals surface area contributed by atoms with Gasteiger partial charge in [0.2, 0.25) is 0 Å². The second-order valence-corrected chi connectivity index (χ2v) is 3.91. The maximum atomic E-state index is 5.37. The predicted octanol–water partition coefficient (Wildman–Crippen LogP) is 2.31. The van der Waals surface area contributed by atoms with Crippen LogP contribution in [0, 0.1) is 0 Å². The molecule has 0 aromatic heterocycles. The van der Waals surface area contributed by atoms with Crippen LogP contribution in [0.3, 0.4) is 0 Å². The lowest BCUT2D eigenvalue weighted by atomic mass is 9.97. The first-order chi connectivity index (χ1) is 4.88. The van der Waals surface area contributed by atoms with E-state index in [1.165, 1.54) is 25.7 Å². The molecule has 60 valence electrons. The average molecular weight is 160 g/mol. The van der Waals surface area contributed by atoms with Gasteiger partial charge in [-0.1, -0.05) is 12.8 Å². The molecule has 0 aliphatic heterocycles. The lowest BCUT2D eigenvalue weighted by Gasteiger charge is -2.28. The summed E-state index contributed by atoms with van der Waals surface area (Å²) < 4.78 is 5.37. The fraction of sp³-hybridized carbons (Fsp3) is 1.00. The summed E-state index contributed by atoms with van der Waals surface area (Å²) in [6, 6.07) is 0. The number of hydrogen-bond donors (Lipinski definition) is 0. The van der Waals surface area contributed by atoms with Gasteiger partial charge in [-0.3, -0.25) is 0 Å². The number of rotatable bonds is 2. The van der Waals surface area contributed by atoms with Crippen molar-refractivity contribution in [3.63, 3.8) is 0 Å². The lowest BCUT2D eigenvalue weighted by molar-refractivity contribution is 0.0764. The molecule has 1 aliphatic rings. The third kappa shape index (κ3) is 1.89. The molecule has 0 spiro atoms. The van der Waals surface area contributed by atoms with Gasteiger partial charge in [0, 0.05) is 12.4 Å². The maximum absolute atomic E-state index is 5.37. The van der Waals surface area contributed by atoms with E-state index in [9.17, 15) is 0 Å². The van der Waals surface area contributed by atoms with E-state index in [4.69, 9.17) is 4.74 Å². The minimum Gasteiger partial charge on any atom is -0.380 e. The smallest absolute Gasteiger partial charge is 0.0689 e. The van der Waals surface area contributed by atoms with Gasteiger partial charge in [-0.05, 0) is 19.1 Å². The highest BCUT2D eigenvalue weighted by molar-refractivity contribution is 7.99. The van der Waals surface area contributed by atoms with Crippen molar-refractivity contribution in [1.82, 2.24) is 0 Å². The van der Waals surface area contributed by atoms with Crippen molar-refractivity contribution >= 4 is 11.8 Å². The normalized spacial score (nSPS) is 34.2. The van der Waals surface area contributed by atoms with Gasteiger partial charge in [0.15, 0.2) is 0 Å². The fourth-order valence-electron chi connectivity index (χ4n) is 1.60. The van der Waals surface area contributed by atoms with Crippen molar-refractivity contribution in [2.45, 2.75) is 37.0 Å². The molecule has 1 saturated carbocycles. The van der Waals surface area contributed by atoms with E-state index in [1.807, 2.05) is 18.9 Å². The summed E-state index contributed by atoms with van der Waals surface area (Å²) in [5.74, 6) is 0. The summed E-state index contributed by atoms with van der Waals surface area (Å²) in [6.07, 6.45) is 8.08. The highest BCUT2D eigenvalue weighted by Crippen LogP contribution is 2.28. The van der Waals surface area contributed by atoms with Gasteiger partial charge < -0.3 is 4.74 Å². The van der Waals surface area contributed by atoms with Crippen LogP contribution in [-0.2, 0) is 4.74 Å². The summed E-state index contributed by atoms with van der Waals surface area (Å²) in [4.78, 5) is 0. The minimum atomic E-state index is 0.531. The maximum Gasteiger partial charge on any atom is 0.0689 e. The van der Waals surface area contributed by atoms with Gasteiger partial charge in [0.05, 0.1) is 6.10 Å². The number of methoxy groups -OCH3 is 1. The molecule has 1 nitrogen and oxygen atoms in total. The second kappa shape index (κ2) is 4.24. The highest BCUT2D eigenvalue weighted by atomic mass is 32.2. The molecule has 1 rings (SSSR count). The van der Waals surface area contributed by atoms with Crippen LogP contribution in [0.4, 0.5) is 0 Å². The molecule has 1 aliphatic carbocycles. The van der Waals surface area contributed by atoms with E-state index in [0.717, 1.165) is 5.25 Å². The standard InChI is InChI=1S/C8H16OS/c1-9-7-5-3-4-6-8(7)10-2/h7-8H,3-6H2,1-2H3.